The van der Waals surface area contributed by atoms with Crippen LogP contribution in [0.25, 0.3) is 5.57 Å². The molecule has 1 aromatic carbocycles. The van der Waals surface area contributed by atoms with Crippen molar-refractivity contribution in [3.63, 3.8) is 0 Å². The highest BCUT2D eigenvalue weighted by molar-refractivity contribution is 5.76. The van der Waals surface area contributed by atoms with Gasteiger partial charge in [0.25, 0.3) is 0 Å². The molecule has 106 valence electrons. The summed E-state index contributed by atoms with van der Waals surface area (Å²) in [5.41, 5.74) is 2.11. The predicted molar refractivity (Wildman–Crippen MR) is 79.9 cm³/mol. The summed E-state index contributed by atoms with van der Waals surface area (Å²) in [6, 6.07) is 4.72. The van der Waals surface area contributed by atoms with Gasteiger partial charge in [-0.05, 0) is 42.5 Å². The first kappa shape index (κ1) is 14.2. The predicted octanol–water partition coefficient (Wildman–Crippen LogP) is 3.28. The Labute approximate surface area is 117 Å². The number of dihydropyridines is 1. The highest BCUT2D eigenvalue weighted by Crippen LogP contribution is 2.23. The Kier molecular flexibility index (Phi) is 4.87. The topological polar surface area (TPSA) is 53.5 Å². The molecule has 1 atom stereocenters. The van der Waals surface area contributed by atoms with E-state index in [0.717, 1.165) is 5.57 Å². The molecule has 0 bridgehead atoms. The molecule has 0 saturated carbocycles. The van der Waals surface area contributed by atoms with Gasteiger partial charge in [0.05, 0.1) is 0 Å². The second-order valence-corrected chi connectivity index (χ2v) is 4.64. The maximum absolute atomic E-state index is 14.1. The van der Waals surface area contributed by atoms with Crippen LogP contribution in [0.3, 0.4) is 0 Å². The minimum absolute atomic E-state index is 0.278. The van der Waals surface area contributed by atoms with Crippen molar-refractivity contribution in [1.29, 1.82) is 0 Å². The van der Waals surface area contributed by atoms with Gasteiger partial charge in [0.2, 0.25) is 0 Å². The lowest BCUT2D eigenvalue weighted by Crippen LogP contribution is -2.16. The van der Waals surface area contributed by atoms with E-state index in [1.54, 1.807) is 6.07 Å². The molecule has 1 unspecified atom stereocenters. The molecular weight excluding hydrogens is 257 g/mol. The molecule has 0 saturated heterocycles. The highest BCUT2D eigenvalue weighted by atomic mass is 19.1. The standard InChI is InChI=1S/C15H18FN3O/c1-2-12(19-20)10-18-13-3-4-14(15(16)9-13)11-5-7-17-8-6-11/h3-7,9,12,17-18H,2,8,10H2,1H3. The van der Waals surface area contributed by atoms with Crippen molar-refractivity contribution in [2.45, 2.75) is 19.4 Å². The summed E-state index contributed by atoms with van der Waals surface area (Å²) in [5, 5.41) is 9.07. The molecule has 4 nitrogen and oxygen atoms in total. The summed E-state index contributed by atoms with van der Waals surface area (Å²) in [6.07, 6.45) is 6.26. The number of anilines is 1. The number of rotatable bonds is 6. The average Bonchev–Trinajstić information content (AvgIpc) is 2.49. The SMILES string of the molecule is CCC(CNc1ccc(C2=CCNC=C2)c(F)c1)N=O. The summed E-state index contributed by atoms with van der Waals surface area (Å²) in [7, 11) is 0. The van der Waals surface area contributed by atoms with Gasteiger partial charge in [0, 0.05) is 24.3 Å². The van der Waals surface area contributed by atoms with E-state index >= 15 is 0 Å². The molecule has 0 radical (unpaired) electrons. The van der Waals surface area contributed by atoms with Gasteiger partial charge >= 0.3 is 0 Å². The number of benzene rings is 1. The van der Waals surface area contributed by atoms with Crippen LogP contribution in [0.2, 0.25) is 0 Å². The first-order valence-electron chi connectivity index (χ1n) is 6.71. The van der Waals surface area contributed by atoms with Crippen molar-refractivity contribution in [3.05, 3.63) is 52.8 Å². The lowest BCUT2D eigenvalue weighted by molar-refractivity contribution is 0.623. The number of allylic oxidation sites excluding steroid dienone is 2. The molecule has 0 amide bonds. The zero-order chi connectivity index (χ0) is 14.4. The second-order valence-electron chi connectivity index (χ2n) is 4.64. The van der Waals surface area contributed by atoms with Crippen molar-refractivity contribution in [2.75, 3.05) is 18.4 Å². The number of hydrogen-bond donors (Lipinski definition) is 2. The summed E-state index contributed by atoms with van der Waals surface area (Å²) >= 11 is 0. The van der Waals surface area contributed by atoms with E-state index < -0.39 is 0 Å². The van der Waals surface area contributed by atoms with Crippen molar-refractivity contribution in [2.24, 2.45) is 5.18 Å². The fourth-order valence-electron chi connectivity index (χ4n) is 2.00. The first-order valence-corrected chi connectivity index (χ1v) is 6.71. The van der Waals surface area contributed by atoms with Crippen LogP contribution in [0.4, 0.5) is 10.1 Å². The maximum atomic E-state index is 14.1. The van der Waals surface area contributed by atoms with E-state index in [4.69, 9.17) is 0 Å². The summed E-state index contributed by atoms with van der Waals surface area (Å²) in [5.74, 6) is -0.278. The van der Waals surface area contributed by atoms with Crippen LogP contribution in [0.15, 0.2) is 41.7 Å². The molecule has 5 heteroatoms. The molecule has 0 aromatic heterocycles. The Balaban J connectivity index is 2.07. The Morgan fingerprint density at radius 2 is 2.35 bits per heavy atom. The van der Waals surface area contributed by atoms with Crippen LogP contribution < -0.4 is 10.6 Å². The molecule has 1 aliphatic rings. The first-order chi connectivity index (χ1) is 9.74. The van der Waals surface area contributed by atoms with E-state index in [9.17, 15) is 9.30 Å². The van der Waals surface area contributed by atoms with Crippen molar-refractivity contribution in [1.82, 2.24) is 5.32 Å². The van der Waals surface area contributed by atoms with Gasteiger partial charge < -0.3 is 10.6 Å². The highest BCUT2D eigenvalue weighted by Gasteiger charge is 2.09. The third kappa shape index (κ3) is 3.44. The molecule has 1 heterocycles. The van der Waals surface area contributed by atoms with E-state index in [0.29, 0.717) is 30.8 Å². The van der Waals surface area contributed by atoms with Gasteiger partial charge in [-0.2, -0.15) is 4.91 Å². The number of nitrogens with one attached hydrogen (secondary N) is 2. The molecule has 20 heavy (non-hydrogen) atoms. The fourth-order valence-corrected chi connectivity index (χ4v) is 2.00. The number of halogens is 1. The number of hydrogen-bond acceptors (Lipinski definition) is 4. The van der Waals surface area contributed by atoms with Crippen molar-refractivity contribution in [3.8, 4) is 0 Å². The third-order valence-electron chi connectivity index (χ3n) is 3.26. The van der Waals surface area contributed by atoms with Crippen LogP contribution in [0, 0.1) is 10.7 Å². The van der Waals surface area contributed by atoms with E-state index in [1.807, 2.05) is 31.3 Å². The summed E-state index contributed by atoms with van der Waals surface area (Å²) in [6.45, 7) is 3.02. The Morgan fingerprint density at radius 3 is 2.95 bits per heavy atom. The van der Waals surface area contributed by atoms with Gasteiger partial charge in [0.1, 0.15) is 11.9 Å². The Hall–Kier alpha value is -2.17. The van der Waals surface area contributed by atoms with Gasteiger partial charge in [-0.3, -0.25) is 0 Å². The van der Waals surface area contributed by atoms with Crippen molar-refractivity contribution < 1.29 is 4.39 Å². The number of nitroso groups, excluding NO2 is 1. The summed E-state index contributed by atoms with van der Waals surface area (Å²) < 4.78 is 14.1. The molecule has 0 fully saturated rings. The zero-order valence-corrected chi connectivity index (χ0v) is 11.4. The zero-order valence-electron chi connectivity index (χ0n) is 11.4. The molecule has 1 aromatic rings. The van der Waals surface area contributed by atoms with Crippen LogP contribution in [0.5, 0.6) is 0 Å². The van der Waals surface area contributed by atoms with E-state index in [2.05, 4.69) is 15.8 Å². The minimum atomic E-state index is -0.284. The van der Waals surface area contributed by atoms with E-state index in [-0.39, 0.29) is 11.9 Å². The Bertz CT molecular complexity index is 540. The molecule has 0 aliphatic carbocycles. The van der Waals surface area contributed by atoms with Gasteiger partial charge in [-0.25, -0.2) is 4.39 Å². The quantitative estimate of drug-likeness (QED) is 0.783. The van der Waals surface area contributed by atoms with Crippen LogP contribution in [-0.4, -0.2) is 19.1 Å². The largest absolute Gasteiger partial charge is 0.387 e. The van der Waals surface area contributed by atoms with E-state index in [1.165, 1.54) is 6.07 Å². The average molecular weight is 275 g/mol. The fraction of sp³-hybridized carbons (Fsp3) is 0.333. The molecule has 2 rings (SSSR count). The van der Waals surface area contributed by atoms with Crippen LogP contribution >= 0.6 is 0 Å². The smallest absolute Gasteiger partial charge is 0.133 e. The van der Waals surface area contributed by atoms with Crippen LogP contribution in [0.1, 0.15) is 18.9 Å². The van der Waals surface area contributed by atoms with Gasteiger partial charge in [0.15, 0.2) is 0 Å². The summed E-state index contributed by atoms with van der Waals surface area (Å²) in [4.78, 5) is 10.5. The lowest BCUT2D eigenvalue weighted by Gasteiger charge is -2.13. The van der Waals surface area contributed by atoms with Crippen molar-refractivity contribution >= 4 is 11.3 Å². The molecular formula is C15H18FN3O. The molecule has 0 spiro atoms. The maximum Gasteiger partial charge on any atom is 0.133 e. The Morgan fingerprint density at radius 1 is 1.50 bits per heavy atom. The second kappa shape index (κ2) is 6.84. The number of nitrogens with zero attached hydrogens (tertiary/aromatic N) is 1. The minimum Gasteiger partial charge on any atom is -0.387 e. The van der Waals surface area contributed by atoms with Gasteiger partial charge in [-0.1, -0.05) is 18.2 Å². The third-order valence-corrected chi connectivity index (χ3v) is 3.26. The molecule has 1 aliphatic heterocycles. The monoisotopic (exact) mass is 275 g/mol. The molecule has 2 N–H and O–H groups in total. The normalized spacial score (nSPS) is 15.2. The lowest BCUT2D eigenvalue weighted by atomic mass is 10.0. The van der Waals surface area contributed by atoms with Crippen LogP contribution in [-0.2, 0) is 0 Å². The van der Waals surface area contributed by atoms with Gasteiger partial charge in [-0.15, -0.1) is 0 Å².